The molecule has 124 valence electrons. The monoisotopic (exact) mass is 330 g/mol. The first-order chi connectivity index (χ1) is 11.3. The smallest absolute Gasteiger partial charge is 0.322 e. The molecule has 0 saturated carbocycles. The molecule has 9 nitrogen and oxygen atoms in total. The van der Waals surface area contributed by atoms with Gasteiger partial charge in [0.2, 0.25) is 0 Å². The SMILES string of the molecule is Cc1ccc2nc3c(O)c(C(=O)NCC(=O)O)c(=O)n(C)n3c2c1. The number of hydrogen-bond donors (Lipinski definition) is 3. The van der Waals surface area contributed by atoms with Gasteiger partial charge < -0.3 is 15.5 Å². The second-order valence-electron chi connectivity index (χ2n) is 5.37. The number of aromatic hydroxyl groups is 1. The number of carboxylic acid groups (broad SMARTS) is 1. The van der Waals surface area contributed by atoms with Gasteiger partial charge in [-0.2, -0.15) is 0 Å². The molecule has 0 aliphatic rings. The van der Waals surface area contributed by atoms with E-state index in [-0.39, 0.29) is 5.65 Å². The number of aromatic nitrogens is 3. The highest BCUT2D eigenvalue weighted by Gasteiger charge is 2.24. The fourth-order valence-corrected chi connectivity index (χ4v) is 2.54. The number of carbonyl (C=O) groups excluding carboxylic acids is 1. The third kappa shape index (κ3) is 2.26. The van der Waals surface area contributed by atoms with E-state index in [1.165, 1.54) is 11.6 Å². The van der Waals surface area contributed by atoms with Gasteiger partial charge in [0.05, 0.1) is 11.0 Å². The summed E-state index contributed by atoms with van der Waals surface area (Å²) in [4.78, 5) is 39.3. The number of aliphatic carboxylic acids is 1. The van der Waals surface area contributed by atoms with Crippen LogP contribution in [0.4, 0.5) is 0 Å². The molecular formula is C15H14N4O5. The molecule has 0 atom stereocenters. The zero-order chi connectivity index (χ0) is 17.6. The number of benzene rings is 1. The highest BCUT2D eigenvalue weighted by molar-refractivity contribution is 6.00. The Kier molecular flexibility index (Phi) is 3.48. The maximum Gasteiger partial charge on any atom is 0.322 e. The molecule has 1 aromatic carbocycles. The molecule has 0 aliphatic heterocycles. The zero-order valence-electron chi connectivity index (χ0n) is 12.9. The Hall–Kier alpha value is -3.36. The maximum atomic E-state index is 12.5. The van der Waals surface area contributed by atoms with E-state index < -0.39 is 35.3 Å². The van der Waals surface area contributed by atoms with Crippen molar-refractivity contribution in [2.24, 2.45) is 7.05 Å². The quantitative estimate of drug-likeness (QED) is 0.621. The molecular weight excluding hydrogens is 316 g/mol. The molecule has 3 N–H and O–H groups in total. The lowest BCUT2D eigenvalue weighted by Gasteiger charge is -2.10. The minimum absolute atomic E-state index is 0.0400. The van der Waals surface area contributed by atoms with Crippen molar-refractivity contribution in [1.29, 1.82) is 0 Å². The van der Waals surface area contributed by atoms with Crippen LogP contribution in [0.5, 0.6) is 5.75 Å². The van der Waals surface area contributed by atoms with Gasteiger partial charge in [-0.3, -0.25) is 14.4 Å². The number of aryl methyl sites for hydroxylation is 2. The Labute approximate surface area is 134 Å². The first kappa shape index (κ1) is 15.5. The van der Waals surface area contributed by atoms with Crippen molar-refractivity contribution in [1.82, 2.24) is 19.5 Å². The van der Waals surface area contributed by atoms with Crippen molar-refractivity contribution >= 4 is 28.6 Å². The van der Waals surface area contributed by atoms with Gasteiger partial charge in [-0.05, 0) is 24.6 Å². The van der Waals surface area contributed by atoms with Gasteiger partial charge in [0.25, 0.3) is 11.5 Å². The summed E-state index contributed by atoms with van der Waals surface area (Å²) >= 11 is 0. The van der Waals surface area contributed by atoms with Gasteiger partial charge in [-0.1, -0.05) is 6.07 Å². The minimum Gasteiger partial charge on any atom is -0.504 e. The molecule has 0 bridgehead atoms. The van der Waals surface area contributed by atoms with Gasteiger partial charge in [0.1, 0.15) is 6.54 Å². The van der Waals surface area contributed by atoms with E-state index in [2.05, 4.69) is 10.3 Å². The van der Waals surface area contributed by atoms with Gasteiger partial charge in [0, 0.05) is 7.05 Å². The average molecular weight is 330 g/mol. The Bertz CT molecular complexity index is 1060. The normalized spacial score (nSPS) is 11.1. The van der Waals surface area contributed by atoms with Crippen LogP contribution in [0, 0.1) is 6.92 Å². The van der Waals surface area contributed by atoms with E-state index in [1.807, 2.05) is 13.0 Å². The molecule has 3 rings (SSSR count). The van der Waals surface area contributed by atoms with Gasteiger partial charge in [-0.25, -0.2) is 14.2 Å². The van der Waals surface area contributed by atoms with E-state index in [0.717, 1.165) is 10.2 Å². The third-order valence-electron chi connectivity index (χ3n) is 3.67. The van der Waals surface area contributed by atoms with Crippen molar-refractivity contribution in [3.05, 3.63) is 39.7 Å². The molecule has 0 radical (unpaired) electrons. The number of carbonyl (C=O) groups is 2. The third-order valence-corrected chi connectivity index (χ3v) is 3.67. The Balaban J connectivity index is 2.30. The van der Waals surface area contributed by atoms with E-state index in [0.29, 0.717) is 11.0 Å². The highest BCUT2D eigenvalue weighted by atomic mass is 16.4. The number of imidazole rings is 1. The Morgan fingerprint density at radius 1 is 1.33 bits per heavy atom. The van der Waals surface area contributed by atoms with Crippen LogP contribution in [0.1, 0.15) is 15.9 Å². The molecule has 24 heavy (non-hydrogen) atoms. The summed E-state index contributed by atoms with van der Waals surface area (Å²) in [6.07, 6.45) is 0. The predicted octanol–water partition coefficient (Wildman–Crippen LogP) is 0.0146. The molecule has 0 saturated heterocycles. The predicted molar refractivity (Wildman–Crippen MR) is 84.3 cm³/mol. The molecule has 1 amide bonds. The average Bonchev–Trinajstić information content (AvgIpc) is 2.90. The Morgan fingerprint density at radius 2 is 2.04 bits per heavy atom. The van der Waals surface area contributed by atoms with E-state index in [9.17, 15) is 19.5 Å². The van der Waals surface area contributed by atoms with Crippen LogP contribution in [-0.4, -0.2) is 42.8 Å². The summed E-state index contributed by atoms with van der Waals surface area (Å²) < 4.78 is 2.56. The molecule has 0 fully saturated rings. The number of nitrogens with one attached hydrogen (secondary N) is 1. The van der Waals surface area contributed by atoms with Crippen molar-refractivity contribution in [2.45, 2.75) is 6.92 Å². The second-order valence-corrected chi connectivity index (χ2v) is 5.37. The molecule has 9 heteroatoms. The summed E-state index contributed by atoms with van der Waals surface area (Å²) in [7, 11) is 1.44. The number of hydrogen-bond acceptors (Lipinski definition) is 5. The van der Waals surface area contributed by atoms with Crippen molar-refractivity contribution in [3.8, 4) is 5.75 Å². The minimum atomic E-state index is -1.26. The van der Waals surface area contributed by atoms with Gasteiger partial charge in [-0.15, -0.1) is 0 Å². The van der Waals surface area contributed by atoms with Crippen LogP contribution < -0.4 is 10.9 Å². The van der Waals surface area contributed by atoms with Crippen LogP contribution in [0.3, 0.4) is 0 Å². The lowest BCUT2D eigenvalue weighted by Crippen LogP contribution is -2.36. The van der Waals surface area contributed by atoms with E-state index in [1.54, 1.807) is 12.1 Å². The van der Waals surface area contributed by atoms with Crippen molar-refractivity contribution < 1.29 is 19.8 Å². The number of rotatable bonds is 3. The molecule has 0 unspecified atom stereocenters. The van der Waals surface area contributed by atoms with Crippen LogP contribution in [-0.2, 0) is 11.8 Å². The molecule has 3 aromatic rings. The first-order valence-electron chi connectivity index (χ1n) is 7.02. The number of carboxylic acids is 1. The first-order valence-corrected chi connectivity index (χ1v) is 7.02. The summed E-state index contributed by atoms with van der Waals surface area (Å²) in [5.74, 6) is -2.82. The molecule has 2 aromatic heterocycles. The van der Waals surface area contributed by atoms with Crippen LogP contribution in [0.25, 0.3) is 16.7 Å². The van der Waals surface area contributed by atoms with Gasteiger partial charge in [0.15, 0.2) is 17.0 Å². The second kappa shape index (κ2) is 5.37. The van der Waals surface area contributed by atoms with E-state index >= 15 is 0 Å². The van der Waals surface area contributed by atoms with Crippen LogP contribution in [0.2, 0.25) is 0 Å². The summed E-state index contributed by atoms with van der Waals surface area (Å²) in [6.45, 7) is 1.22. The number of nitrogens with zero attached hydrogens (tertiary/aromatic N) is 3. The lowest BCUT2D eigenvalue weighted by molar-refractivity contribution is -0.135. The Morgan fingerprint density at radius 3 is 2.71 bits per heavy atom. The van der Waals surface area contributed by atoms with Crippen LogP contribution in [0.15, 0.2) is 23.0 Å². The maximum absolute atomic E-state index is 12.5. The topological polar surface area (TPSA) is 126 Å². The molecule has 2 heterocycles. The molecule has 0 spiro atoms. The van der Waals surface area contributed by atoms with Crippen LogP contribution >= 0.6 is 0 Å². The fourth-order valence-electron chi connectivity index (χ4n) is 2.54. The molecule has 0 aliphatic carbocycles. The largest absolute Gasteiger partial charge is 0.504 e. The number of fused-ring (bicyclic) bond motifs is 3. The van der Waals surface area contributed by atoms with E-state index in [4.69, 9.17) is 5.11 Å². The lowest BCUT2D eigenvalue weighted by atomic mass is 10.2. The summed E-state index contributed by atoms with van der Waals surface area (Å²) in [5.41, 5.74) is 0.839. The summed E-state index contributed by atoms with van der Waals surface area (Å²) in [6, 6.07) is 5.38. The fraction of sp³-hybridized carbons (Fsp3) is 0.200. The zero-order valence-corrected chi connectivity index (χ0v) is 12.9. The summed E-state index contributed by atoms with van der Waals surface area (Å²) in [5, 5.41) is 21.0. The number of amides is 1. The van der Waals surface area contributed by atoms with Gasteiger partial charge >= 0.3 is 5.97 Å². The standard InChI is InChI=1S/C15H14N4O5/c1-7-3-4-8-9(5-7)19-13(17-8)12(22)11(15(24)18(19)2)14(23)16-6-10(20)21/h3-5,22H,6H2,1-2H3,(H,16,23)(H,20,21). The highest BCUT2D eigenvalue weighted by Crippen LogP contribution is 2.25. The van der Waals surface area contributed by atoms with Crippen molar-refractivity contribution in [2.75, 3.05) is 6.54 Å². The van der Waals surface area contributed by atoms with Crippen molar-refractivity contribution in [3.63, 3.8) is 0 Å².